The summed E-state index contributed by atoms with van der Waals surface area (Å²) in [7, 11) is -0.156. The molecule has 0 amide bonds. The zero-order chi connectivity index (χ0) is 9.56. The van der Waals surface area contributed by atoms with Gasteiger partial charge in [-0.05, 0) is 13.8 Å². The molecule has 0 aromatic carbocycles. The van der Waals surface area contributed by atoms with E-state index in [1.165, 1.54) is 0 Å². The third-order valence-electron chi connectivity index (χ3n) is 0.968. The molecule has 0 aliphatic heterocycles. The number of hydrogen-bond acceptors (Lipinski definition) is 3. The summed E-state index contributed by atoms with van der Waals surface area (Å²) in [6.07, 6.45) is 0.500. The van der Waals surface area contributed by atoms with Crippen molar-refractivity contribution in [3.05, 3.63) is 24.7 Å². The second kappa shape index (κ2) is 5.85. The maximum Gasteiger partial charge on any atom is 0.470 e. The molecule has 0 bridgehead atoms. The highest BCUT2D eigenvalue weighted by Crippen LogP contribution is 2.02. The summed E-state index contributed by atoms with van der Waals surface area (Å²) in [5.41, 5.74) is 0. The van der Waals surface area contributed by atoms with Crippen molar-refractivity contribution in [3.8, 4) is 0 Å². The van der Waals surface area contributed by atoms with Gasteiger partial charge in [-0.1, -0.05) is 13.2 Å². The van der Waals surface area contributed by atoms with E-state index in [4.69, 9.17) is 13.6 Å². The number of allylic oxidation sites excluding steroid dienone is 2. The molecule has 0 aromatic heterocycles. The Morgan fingerprint density at radius 3 is 1.83 bits per heavy atom. The van der Waals surface area contributed by atoms with Crippen molar-refractivity contribution in [3.63, 3.8) is 0 Å². The molecular formula is C8H16O3Si. The van der Waals surface area contributed by atoms with E-state index in [1.807, 2.05) is 0 Å². The van der Waals surface area contributed by atoms with Gasteiger partial charge in [-0.3, -0.25) is 0 Å². The molecule has 0 radical (unpaired) electrons. The highest BCUT2D eigenvalue weighted by atomic mass is 28.3. The maximum absolute atomic E-state index is 5.34. The minimum atomic E-state index is -1.77. The van der Waals surface area contributed by atoms with E-state index in [9.17, 15) is 0 Å². The minimum Gasteiger partial charge on any atom is -0.517 e. The van der Waals surface area contributed by atoms with Crippen LogP contribution in [0.5, 0.6) is 0 Å². The fourth-order valence-electron chi connectivity index (χ4n) is 0.677. The van der Waals surface area contributed by atoms with Gasteiger partial charge in [0.05, 0.1) is 11.5 Å². The molecule has 70 valence electrons. The van der Waals surface area contributed by atoms with Gasteiger partial charge in [0, 0.05) is 7.11 Å². The van der Waals surface area contributed by atoms with Crippen LogP contribution in [0.4, 0.5) is 0 Å². The normalized spacial score (nSPS) is 9.67. The summed E-state index contributed by atoms with van der Waals surface area (Å²) in [5, 5.41) is 0. The number of methoxy groups -OCH3 is 1. The van der Waals surface area contributed by atoms with Crippen LogP contribution in [0.1, 0.15) is 13.8 Å². The van der Waals surface area contributed by atoms with Crippen LogP contribution in [0.2, 0.25) is 0 Å². The largest absolute Gasteiger partial charge is 0.517 e. The molecule has 12 heavy (non-hydrogen) atoms. The summed E-state index contributed by atoms with van der Waals surface area (Å²) in [4.78, 5) is 0. The molecule has 3 nitrogen and oxygen atoms in total. The quantitative estimate of drug-likeness (QED) is 0.467. The van der Waals surface area contributed by atoms with Gasteiger partial charge in [-0.25, -0.2) is 0 Å². The first-order valence-electron chi connectivity index (χ1n) is 3.69. The number of hydrogen-bond donors (Lipinski definition) is 0. The lowest BCUT2D eigenvalue weighted by molar-refractivity contribution is 0.193. The summed E-state index contributed by atoms with van der Waals surface area (Å²) in [6.45, 7) is 10.8. The molecule has 0 fully saturated rings. The van der Waals surface area contributed by atoms with Crippen LogP contribution < -0.4 is 0 Å². The molecule has 0 unspecified atom stereocenters. The Bertz CT molecular complexity index is 152. The Kier molecular flexibility index (Phi) is 5.49. The van der Waals surface area contributed by atoms with Crippen LogP contribution in [-0.4, -0.2) is 22.6 Å². The van der Waals surface area contributed by atoms with Crippen LogP contribution in [0.25, 0.3) is 0 Å². The van der Waals surface area contributed by atoms with Gasteiger partial charge < -0.3 is 13.6 Å². The van der Waals surface area contributed by atoms with Crippen LogP contribution >= 0.6 is 0 Å². The highest BCUT2D eigenvalue weighted by Gasteiger charge is 2.15. The monoisotopic (exact) mass is 188 g/mol. The second-order valence-corrected chi connectivity index (χ2v) is 4.19. The molecule has 0 heterocycles. The zero-order valence-corrected chi connectivity index (χ0v) is 9.08. The van der Waals surface area contributed by atoms with Gasteiger partial charge >= 0.3 is 9.28 Å². The Hall–Kier alpha value is -0.743. The highest BCUT2D eigenvalue weighted by molar-refractivity contribution is 6.44. The third-order valence-corrected chi connectivity index (χ3v) is 2.90. The Labute approximate surface area is 75.5 Å². The molecule has 0 rings (SSSR count). The molecule has 0 saturated heterocycles. The standard InChI is InChI=1S/C8H16O3Si/c1-7(2)10-12(6-9-5)11-8(3)4/h12H,1,3,6H2,2,4-5H3. The molecule has 0 atom stereocenters. The van der Waals surface area contributed by atoms with Gasteiger partial charge in [-0.2, -0.15) is 0 Å². The predicted molar refractivity (Wildman–Crippen MR) is 50.8 cm³/mol. The SMILES string of the molecule is C=C(C)O[SiH](COC)OC(=C)C. The molecule has 0 spiro atoms. The van der Waals surface area contributed by atoms with Gasteiger partial charge in [0.2, 0.25) is 0 Å². The van der Waals surface area contributed by atoms with E-state index in [0.29, 0.717) is 17.7 Å². The lowest BCUT2D eigenvalue weighted by Crippen LogP contribution is -2.27. The molecule has 0 N–H and O–H groups in total. The van der Waals surface area contributed by atoms with E-state index in [-0.39, 0.29) is 0 Å². The summed E-state index contributed by atoms with van der Waals surface area (Å²) in [6, 6.07) is 0. The first-order chi connectivity index (χ1) is 5.56. The topological polar surface area (TPSA) is 27.7 Å². The molecule has 0 aliphatic rings. The molecular weight excluding hydrogens is 172 g/mol. The average molecular weight is 188 g/mol. The molecule has 0 saturated carbocycles. The van der Waals surface area contributed by atoms with Crippen molar-refractivity contribution < 1.29 is 13.6 Å². The van der Waals surface area contributed by atoms with Crippen LogP contribution in [0.3, 0.4) is 0 Å². The van der Waals surface area contributed by atoms with Crippen molar-refractivity contribution in [2.24, 2.45) is 0 Å². The fourth-order valence-corrected chi connectivity index (χ4v) is 2.03. The fraction of sp³-hybridized carbons (Fsp3) is 0.500. The summed E-state index contributed by atoms with van der Waals surface area (Å²) < 4.78 is 15.6. The Balaban J connectivity index is 3.85. The smallest absolute Gasteiger partial charge is 0.470 e. The van der Waals surface area contributed by atoms with Gasteiger partial charge in [-0.15, -0.1) is 0 Å². The number of rotatable bonds is 6. The van der Waals surface area contributed by atoms with Crippen molar-refractivity contribution in [1.82, 2.24) is 0 Å². The van der Waals surface area contributed by atoms with E-state index in [2.05, 4.69) is 13.2 Å². The average Bonchev–Trinajstić information content (AvgIpc) is 1.84. The minimum absolute atomic E-state index is 0.500. The first-order valence-corrected chi connectivity index (χ1v) is 5.45. The molecule has 0 aromatic rings. The van der Waals surface area contributed by atoms with Gasteiger partial charge in [0.25, 0.3) is 0 Å². The van der Waals surface area contributed by atoms with Crippen molar-refractivity contribution in [2.45, 2.75) is 13.8 Å². The zero-order valence-electron chi connectivity index (χ0n) is 7.92. The van der Waals surface area contributed by atoms with Gasteiger partial charge in [0.1, 0.15) is 6.23 Å². The Morgan fingerprint density at radius 1 is 1.17 bits per heavy atom. The van der Waals surface area contributed by atoms with Crippen LogP contribution in [0.15, 0.2) is 24.7 Å². The lowest BCUT2D eigenvalue weighted by Gasteiger charge is -2.17. The second-order valence-electron chi connectivity index (χ2n) is 2.52. The van der Waals surface area contributed by atoms with Crippen LogP contribution in [0, 0.1) is 0 Å². The molecule has 4 heteroatoms. The lowest BCUT2D eigenvalue weighted by atomic mass is 10.7. The predicted octanol–water partition coefficient (Wildman–Crippen LogP) is 1.49. The maximum atomic E-state index is 5.34. The molecule has 0 aliphatic carbocycles. The first kappa shape index (κ1) is 11.3. The number of ether oxygens (including phenoxy) is 1. The van der Waals surface area contributed by atoms with E-state index >= 15 is 0 Å². The van der Waals surface area contributed by atoms with E-state index < -0.39 is 9.28 Å². The van der Waals surface area contributed by atoms with Crippen molar-refractivity contribution in [2.75, 3.05) is 13.3 Å². The van der Waals surface area contributed by atoms with Gasteiger partial charge in [0.15, 0.2) is 0 Å². The van der Waals surface area contributed by atoms with Crippen molar-refractivity contribution >= 4 is 9.28 Å². The summed E-state index contributed by atoms with van der Waals surface area (Å²) in [5.74, 6) is 1.31. The third kappa shape index (κ3) is 6.00. The summed E-state index contributed by atoms with van der Waals surface area (Å²) >= 11 is 0. The van der Waals surface area contributed by atoms with E-state index in [0.717, 1.165) is 0 Å². The Morgan fingerprint density at radius 2 is 1.58 bits per heavy atom. The van der Waals surface area contributed by atoms with E-state index in [1.54, 1.807) is 21.0 Å². The van der Waals surface area contributed by atoms with Crippen molar-refractivity contribution in [1.29, 1.82) is 0 Å². The van der Waals surface area contributed by atoms with Crippen LogP contribution in [-0.2, 0) is 13.6 Å².